The topological polar surface area (TPSA) is 88.5 Å². The van der Waals surface area contributed by atoms with Crippen LogP contribution in [0, 0.1) is 10.1 Å². The summed E-state index contributed by atoms with van der Waals surface area (Å²) in [5.74, 6) is 0.713. The van der Waals surface area contributed by atoms with Crippen molar-refractivity contribution in [1.82, 2.24) is 9.88 Å². The van der Waals surface area contributed by atoms with Crippen LogP contribution in [-0.2, 0) is 0 Å². The van der Waals surface area contributed by atoms with Crippen LogP contribution in [0.5, 0.6) is 0 Å². The number of aromatic nitrogens is 1. The van der Waals surface area contributed by atoms with Gasteiger partial charge in [-0.05, 0) is 33.0 Å². The van der Waals surface area contributed by atoms with Crippen LogP contribution in [0.4, 0.5) is 17.3 Å². The van der Waals surface area contributed by atoms with Crippen molar-refractivity contribution in [2.24, 2.45) is 0 Å². The van der Waals surface area contributed by atoms with E-state index in [0.717, 1.165) is 31.7 Å². The van der Waals surface area contributed by atoms with E-state index in [1.165, 1.54) is 6.07 Å². The number of nitrogens with two attached hydrogens (primary N) is 1. The van der Waals surface area contributed by atoms with Gasteiger partial charge in [-0.15, -0.1) is 0 Å². The molecule has 1 aromatic rings. The van der Waals surface area contributed by atoms with Gasteiger partial charge < -0.3 is 15.5 Å². The SMILES string of the molecule is CN(C)CC1CCCN1c1ccc([N+](=O)[O-])c(N)n1. The van der Waals surface area contributed by atoms with Crippen molar-refractivity contribution >= 4 is 17.3 Å². The second-order valence-corrected chi connectivity index (χ2v) is 5.08. The van der Waals surface area contributed by atoms with Gasteiger partial charge in [0.1, 0.15) is 5.82 Å². The molecule has 2 heterocycles. The number of hydrogen-bond donors (Lipinski definition) is 1. The molecule has 1 fully saturated rings. The maximum Gasteiger partial charge on any atom is 0.311 e. The van der Waals surface area contributed by atoms with Crippen LogP contribution < -0.4 is 10.6 Å². The third-order valence-electron chi connectivity index (χ3n) is 3.33. The Balaban J connectivity index is 2.21. The molecule has 1 aliphatic heterocycles. The van der Waals surface area contributed by atoms with Gasteiger partial charge in [-0.2, -0.15) is 0 Å². The van der Waals surface area contributed by atoms with Gasteiger partial charge in [0.25, 0.3) is 0 Å². The molecular formula is C12H19N5O2. The quantitative estimate of drug-likeness (QED) is 0.648. The smallest absolute Gasteiger partial charge is 0.311 e. The van der Waals surface area contributed by atoms with Gasteiger partial charge in [-0.1, -0.05) is 0 Å². The van der Waals surface area contributed by atoms with Gasteiger partial charge in [0, 0.05) is 25.2 Å². The molecule has 7 nitrogen and oxygen atoms in total. The van der Waals surface area contributed by atoms with Gasteiger partial charge in [-0.3, -0.25) is 10.1 Å². The Hall–Kier alpha value is -1.89. The molecule has 0 aromatic carbocycles. The summed E-state index contributed by atoms with van der Waals surface area (Å²) in [6.07, 6.45) is 2.22. The van der Waals surface area contributed by atoms with Crippen molar-refractivity contribution in [3.63, 3.8) is 0 Å². The van der Waals surface area contributed by atoms with E-state index >= 15 is 0 Å². The lowest BCUT2D eigenvalue weighted by Gasteiger charge is -2.28. The van der Waals surface area contributed by atoms with E-state index in [9.17, 15) is 10.1 Å². The van der Waals surface area contributed by atoms with Gasteiger partial charge in [0.05, 0.1) is 4.92 Å². The maximum absolute atomic E-state index is 10.7. The minimum atomic E-state index is -0.507. The zero-order chi connectivity index (χ0) is 14.0. The predicted octanol–water partition coefficient (Wildman–Crippen LogP) is 1.10. The van der Waals surface area contributed by atoms with Crippen LogP contribution in [0.25, 0.3) is 0 Å². The summed E-state index contributed by atoms with van der Waals surface area (Å²) in [6, 6.07) is 3.51. The Morgan fingerprint density at radius 1 is 1.58 bits per heavy atom. The van der Waals surface area contributed by atoms with Gasteiger partial charge in [0.2, 0.25) is 5.82 Å². The van der Waals surface area contributed by atoms with Gasteiger partial charge in [-0.25, -0.2) is 4.98 Å². The highest BCUT2D eigenvalue weighted by molar-refractivity contribution is 5.58. The summed E-state index contributed by atoms with van der Waals surface area (Å²) in [4.78, 5) is 18.7. The molecule has 1 atom stereocenters. The summed E-state index contributed by atoms with van der Waals surface area (Å²) < 4.78 is 0. The first-order valence-corrected chi connectivity index (χ1v) is 6.31. The number of hydrogen-bond acceptors (Lipinski definition) is 6. The molecule has 0 saturated carbocycles. The molecule has 1 aliphatic rings. The largest absolute Gasteiger partial charge is 0.378 e. The van der Waals surface area contributed by atoms with Crippen LogP contribution in [0.15, 0.2) is 12.1 Å². The fraction of sp³-hybridized carbons (Fsp3) is 0.583. The van der Waals surface area contributed by atoms with E-state index in [1.807, 2.05) is 14.1 Å². The third-order valence-corrected chi connectivity index (χ3v) is 3.33. The fourth-order valence-electron chi connectivity index (χ4n) is 2.52. The average Bonchev–Trinajstić information content (AvgIpc) is 2.75. The molecule has 104 valence electrons. The molecule has 0 spiro atoms. The van der Waals surface area contributed by atoms with Crippen LogP contribution >= 0.6 is 0 Å². The molecule has 1 unspecified atom stereocenters. The summed E-state index contributed by atoms with van der Waals surface area (Å²) in [5, 5.41) is 10.7. The number of rotatable bonds is 4. The van der Waals surface area contributed by atoms with E-state index in [2.05, 4.69) is 14.8 Å². The summed E-state index contributed by atoms with van der Waals surface area (Å²) in [5.41, 5.74) is 5.51. The summed E-state index contributed by atoms with van der Waals surface area (Å²) in [6.45, 7) is 1.86. The number of anilines is 2. The van der Waals surface area contributed by atoms with Crippen LogP contribution in [0.3, 0.4) is 0 Å². The molecule has 0 amide bonds. The predicted molar refractivity (Wildman–Crippen MR) is 74.2 cm³/mol. The lowest BCUT2D eigenvalue weighted by molar-refractivity contribution is -0.384. The number of nitrogen functional groups attached to an aromatic ring is 1. The van der Waals surface area contributed by atoms with Crippen molar-refractivity contribution in [2.75, 3.05) is 37.8 Å². The van der Waals surface area contributed by atoms with Crippen molar-refractivity contribution in [3.8, 4) is 0 Å². The highest BCUT2D eigenvalue weighted by Crippen LogP contribution is 2.28. The average molecular weight is 265 g/mol. The molecule has 1 saturated heterocycles. The molecule has 2 rings (SSSR count). The molecule has 0 bridgehead atoms. The normalized spacial score (nSPS) is 19.1. The third kappa shape index (κ3) is 2.93. The summed E-state index contributed by atoms with van der Waals surface area (Å²) in [7, 11) is 4.07. The van der Waals surface area contributed by atoms with Gasteiger partial charge >= 0.3 is 5.69 Å². The minimum absolute atomic E-state index is 0.0157. The Morgan fingerprint density at radius 2 is 2.32 bits per heavy atom. The van der Waals surface area contributed by atoms with Crippen LogP contribution in [0.2, 0.25) is 0 Å². The van der Waals surface area contributed by atoms with Gasteiger partial charge in [0.15, 0.2) is 0 Å². The van der Waals surface area contributed by atoms with E-state index in [4.69, 9.17) is 5.73 Å². The monoisotopic (exact) mass is 265 g/mol. The van der Waals surface area contributed by atoms with Crippen molar-refractivity contribution in [1.29, 1.82) is 0 Å². The van der Waals surface area contributed by atoms with Crippen molar-refractivity contribution in [2.45, 2.75) is 18.9 Å². The lowest BCUT2D eigenvalue weighted by atomic mass is 10.2. The number of likely N-dealkylation sites (N-methyl/N-ethyl adjacent to an activating group) is 1. The molecular weight excluding hydrogens is 246 g/mol. The van der Waals surface area contributed by atoms with Crippen molar-refractivity contribution < 1.29 is 4.92 Å². The second-order valence-electron chi connectivity index (χ2n) is 5.08. The van der Waals surface area contributed by atoms with E-state index < -0.39 is 4.92 Å². The molecule has 2 N–H and O–H groups in total. The Bertz CT molecular complexity index is 477. The zero-order valence-corrected chi connectivity index (χ0v) is 11.2. The molecule has 1 aromatic heterocycles. The number of nitro groups is 1. The first-order chi connectivity index (χ1) is 8.99. The fourth-order valence-corrected chi connectivity index (χ4v) is 2.52. The molecule has 0 radical (unpaired) electrons. The molecule has 19 heavy (non-hydrogen) atoms. The van der Waals surface area contributed by atoms with E-state index in [1.54, 1.807) is 6.07 Å². The highest BCUT2D eigenvalue weighted by atomic mass is 16.6. The van der Waals surface area contributed by atoms with Crippen LogP contribution in [0.1, 0.15) is 12.8 Å². The summed E-state index contributed by atoms with van der Waals surface area (Å²) >= 11 is 0. The van der Waals surface area contributed by atoms with Crippen molar-refractivity contribution in [3.05, 3.63) is 22.2 Å². The standard InChI is InChI=1S/C12H19N5O2/c1-15(2)8-9-4-3-7-16(9)11-6-5-10(17(18)19)12(13)14-11/h5-6,9H,3-4,7-8H2,1-2H3,(H2,13,14). The van der Waals surface area contributed by atoms with E-state index in [0.29, 0.717) is 6.04 Å². The Morgan fingerprint density at radius 3 is 2.89 bits per heavy atom. The van der Waals surface area contributed by atoms with E-state index in [-0.39, 0.29) is 11.5 Å². The Labute approximate surface area is 112 Å². The lowest BCUT2D eigenvalue weighted by Crippen LogP contribution is -2.38. The Kier molecular flexibility index (Phi) is 3.84. The first-order valence-electron chi connectivity index (χ1n) is 6.31. The minimum Gasteiger partial charge on any atom is -0.378 e. The highest BCUT2D eigenvalue weighted by Gasteiger charge is 2.27. The molecule has 7 heteroatoms. The maximum atomic E-state index is 10.7. The zero-order valence-electron chi connectivity index (χ0n) is 11.2. The second kappa shape index (κ2) is 5.40. The van der Waals surface area contributed by atoms with Crippen LogP contribution in [-0.4, -0.2) is 48.0 Å². The first kappa shape index (κ1) is 13.5. The number of nitrogens with zero attached hydrogens (tertiary/aromatic N) is 4. The number of pyridine rings is 1. The molecule has 0 aliphatic carbocycles.